The first-order valence-corrected chi connectivity index (χ1v) is 9.18. The van der Waals surface area contributed by atoms with Crippen molar-refractivity contribution in [2.75, 3.05) is 18.1 Å². The number of nitrogens with zero attached hydrogens (tertiary/aromatic N) is 2. The summed E-state index contributed by atoms with van der Waals surface area (Å²) in [5.74, 6) is -0.331. The molecule has 0 aliphatic carbocycles. The highest BCUT2D eigenvalue weighted by Gasteiger charge is 2.41. The third-order valence-corrected chi connectivity index (χ3v) is 4.63. The Hall–Kier alpha value is -2.93. The summed E-state index contributed by atoms with van der Waals surface area (Å²) >= 11 is 0. The van der Waals surface area contributed by atoms with Crippen LogP contribution in [0, 0.1) is 6.92 Å². The van der Waals surface area contributed by atoms with E-state index < -0.39 is 11.6 Å². The number of aliphatic hydroxyl groups excluding tert-OH is 1. The molecule has 1 saturated heterocycles. The lowest BCUT2D eigenvalue weighted by molar-refractivity contribution is 0.0922. The fraction of sp³-hybridized carbons (Fsp3) is 0.381. The Kier molecular flexibility index (Phi) is 5.38. The van der Waals surface area contributed by atoms with E-state index in [4.69, 9.17) is 4.74 Å². The SMILES string of the molecule is Cc1ccc(-c2cc(C(=O)NC(C)CO)cc(N3C(=O)OCC3(C)C)c2)nc1. The zero-order valence-electron chi connectivity index (χ0n) is 16.5. The maximum absolute atomic E-state index is 12.7. The normalized spacial score (nSPS) is 16.6. The third kappa shape index (κ3) is 3.99. The minimum Gasteiger partial charge on any atom is -0.447 e. The largest absolute Gasteiger partial charge is 0.447 e. The number of rotatable bonds is 5. The summed E-state index contributed by atoms with van der Waals surface area (Å²) in [5.41, 5.74) is 2.85. The van der Waals surface area contributed by atoms with E-state index in [0.717, 1.165) is 11.1 Å². The second-order valence-corrected chi connectivity index (χ2v) is 7.75. The van der Waals surface area contributed by atoms with E-state index in [9.17, 15) is 14.7 Å². The van der Waals surface area contributed by atoms with Gasteiger partial charge in [0.05, 0.1) is 17.8 Å². The average molecular weight is 383 g/mol. The smallest absolute Gasteiger partial charge is 0.414 e. The number of anilines is 1. The lowest BCUT2D eigenvalue weighted by atomic mass is 10.0. The molecule has 1 aromatic carbocycles. The van der Waals surface area contributed by atoms with Crippen molar-refractivity contribution in [3.63, 3.8) is 0 Å². The Bertz CT molecular complexity index is 893. The van der Waals surface area contributed by atoms with E-state index in [1.807, 2.05) is 39.0 Å². The van der Waals surface area contributed by atoms with Crippen LogP contribution < -0.4 is 10.2 Å². The molecule has 7 nitrogen and oxygen atoms in total. The Labute approximate surface area is 164 Å². The Morgan fingerprint density at radius 1 is 1.36 bits per heavy atom. The van der Waals surface area contributed by atoms with Crippen LogP contribution in [0.2, 0.25) is 0 Å². The molecule has 7 heteroatoms. The van der Waals surface area contributed by atoms with Crippen molar-refractivity contribution >= 4 is 17.7 Å². The first-order chi connectivity index (χ1) is 13.2. The van der Waals surface area contributed by atoms with Crippen molar-refractivity contribution < 1.29 is 19.4 Å². The van der Waals surface area contributed by atoms with Crippen molar-refractivity contribution in [1.29, 1.82) is 0 Å². The first kappa shape index (κ1) is 19.8. The van der Waals surface area contributed by atoms with Crippen LogP contribution in [0.5, 0.6) is 0 Å². The molecule has 28 heavy (non-hydrogen) atoms. The number of nitrogens with one attached hydrogen (secondary N) is 1. The van der Waals surface area contributed by atoms with Gasteiger partial charge in [-0.15, -0.1) is 0 Å². The molecular formula is C21H25N3O4. The lowest BCUT2D eigenvalue weighted by Crippen LogP contribution is -2.42. The van der Waals surface area contributed by atoms with Gasteiger partial charge in [-0.05, 0) is 57.5 Å². The summed E-state index contributed by atoms with van der Waals surface area (Å²) in [6, 6.07) is 8.65. The zero-order chi connectivity index (χ0) is 20.5. The zero-order valence-corrected chi connectivity index (χ0v) is 16.5. The molecule has 2 N–H and O–H groups in total. The lowest BCUT2D eigenvalue weighted by Gasteiger charge is -2.28. The molecule has 1 unspecified atom stereocenters. The van der Waals surface area contributed by atoms with Crippen molar-refractivity contribution in [2.45, 2.75) is 39.3 Å². The standard InChI is InChI=1S/C21H25N3O4/c1-13-5-6-18(22-10-13)15-7-16(19(26)23-14(2)11-25)9-17(8-15)24-20(27)28-12-21(24,3)4/h5-10,14,25H,11-12H2,1-4H3,(H,23,26). The fourth-order valence-electron chi connectivity index (χ4n) is 3.08. The van der Waals surface area contributed by atoms with E-state index in [1.54, 1.807) is 30.2 Å². The number of aliphatic hydroxyl groups is 1. The number of cyclic esters (lactones) is 1. The van der Waals surface area contributed by atoms with E-state index in [0.29, 0.717) is 16.9 Å². The van der Waals surface area contributed by atoms with Crippen LogP contribution in [0.15, 0.2) is 36.5 Å². The van der Waals surface area contributed by atoms with Gasteiger partial charge in [0.25, 0.3) is 5.91 Å². The minimum atomic E-state index is -0.539. The summed E-state index contributed by atoms with van der Waals surface area (Å²) in [6.45, 7) is 7.58. The number of hydrogen-bond donors (Lipinski definition) is 2. The van der Waals surface area contributed by atoms with Crippen LogP contribution in [0.25, 0.3) is 11.3 Å². The number of carbonyl (C=O) groups is 2. The summed E-state index contributed by atoms with van der Waals surface area (Å²) in [6.07, 6.45) is 1.30. The fourth-order valence-corrected chi connectivity index (χ4v) is 3.08. The summed E-state index contributed by atoms with van der Waals surface area (Å²) in [7, 11) is 0. The molecule has 0 saturated carbocycles. The molecule has 0 spiro atoms. The van der Waals surface area contributed by atoms with Crippen LogP contribution in [0.4, 0.5) is 10.5 Å². The molecular weight excluding hydrogens is 358 g/mol. The predicted molar refractivity (Wildman–Crippen MR) is 106 cm³/mol. The van der Waals surface area contributed by atoms with E-state index in [-0.39, 0.29) is 25.2 Å². The van der Waals surface area contributed by atoms with E-state index in [1.165, 1.54) is 0 Å². The Morgan fingerprint density at radius 3 is 2.68 bits per heavy atom. The van der Waals surface area contributed by atoms with Gasteiger partial charge < -0.3 is 15.2 Å². The van der Waals surface area contributed by atoms with Gasteiger partial charge in [-0.1, -0.05) is 6.07 Å². The van der Waals surface area contributed by atoms with Crippen molar-refractivity contribution in [3.8, 4) is 11.3 Å². The number of carbonyl (C=O) groups excluding carboxylic acids is 2. The van der Waals surface area contributed by atoms with Crippen LogP contribution in [-0.4, -0.2) is 46.9 Å². The monoisotopic (exact) mass is 383 g/mol. The number of benzene rings is 1. The number of aryl methyl sites for hydroxylation is 1. The van der Waals surface area contributed by atoms with Gasteiger partial charge in [0.2, 0.25) is 0 Å². The second kappa shape index (κ2) is 7.59. The summed E-state index contributed by atoms with van der Waals surface area (Å²) in [4.78, 5) is 31.0. The molecule has 1 fully saturated rings. The van der Waals surface area contributed by atoms with Crippen LogP contribution in [0.1, 0.15) is 36.7 Å². The van der Waals surface area contributed by atoms with Crippen molar-refractivity contribution in [2.24, 2.45) is 0 Å². The van der Waals surface area contributed by atoms with Gasteiger partial charge in [0.1, 0.15) is 6.61 Å². The highest BCUT2D eigenvalue weighted by Crippen LogP contribution is 2.34. The summed E-state index contributed by atoms with van der Waals surface area (Å²) in [5, 5.41) is 12.0. The summed E-state index contributed by atoms with van der Waals surface area (Å²) < 4.78 is 5.22. The number of hydrogen-bond acceptors (Lipinski definition) is 5. The molecule has 1 aromatic heterocycles. The molecule has 2 heterocycles. The maximum Gasteiger partial charge on any atom is 0.414 e. The van der Waals surface area contributed by atoms with E-state index in [2.05, 4.69) is 10.3 Å². The van der Waals surface area contributed by atoms with E-state index >= 15 is 0 Å². The van der Waals surface area contributed by atoms with Gasteiger partial charge in [-0.2, -0.15) is 0 Å². The topological polar surface area (TPSA) is 91.8 Å². The van der Waals surface area contributed by atoms with Gasteiger partial charge in [-0.25, -0.2) is 4.79 Å². The van der Waals surface area contributed by atoms with Crippen LogP contribution in [0.3, 0.4) is 0 Å². The highest BCUT2D eigenvalue weighted by atomic mass is 16.6. The Balaban J connectivity index is 2.10. The molecule has 0 radical (unpaired) electrons. The van der Waals surface area contributed by atoms with Gasteiger partial charge in [-0.3, -0.25) is 14.7 Å². The molecule has 3 rings (SSSR count). The Morgan fingerprint density at radius 2 is 2.11 bits per heavy atom. The minimum absolute atomic E-state index is 0.163. The number of amides is 2. The number of pyridine rings is 1. The van der Waals surface area contributed by atoms with Gasteiger partial charge in [0, 0.05) is 29.1 Å². The molecule has 2 aromatic rings. The molecule has 1 aliphatic rings. The van der Waals surface area contributed by atoms with Crippen molar-refractivity contribution in [1.82, 2.24) is 10.3 Å². The molecule has 1 atom stereocenters. The molecule has 148 valence electrons. The van der Waals surface area contributed by atoms with Crippen LogP contribution in [-0.2, 0) is 4.74 Å². The maximum atomic E-state index is 12.7. The second-order valence-electron chi connectivity index (χ2n) is 7.75. The number of aromatic nitrogens is 1. The van der Waals surface area contributed by atoms with Gasteiger partial charge in [0.15, 0.2) is 0 Å². The molecule has 0 bridgehead atoms. The van der Waals surface area contributed by atoms with Crippen molar-refractivity contribution in [3.05, 3.63) is 47.7 Å². The first-order valence-electron chi connectivity index (χ1n) is 9.18. The van der Waals surface area contributed by atoms with Crippen LogP contribution >= 0.6 is 0 Å². The predicted octanol–water partition coefficient (Wildman–Crippen LogP) is 2.90. The van der Waals surface area contributed by atoms with Gasteiger partial charge >= 0.3 is 6.09 Å². The average Bonchev–Trinajstić information content (AvgIpc) is 2.94. The quantitative estimate of drug-likeness (QED) is 0.828. The highest BCUT2D eigenvalue weighted by molar-refractivity contribution is 5.99. The number of ether oxygens (including phenoxy) is 1. The molecule has 1 aliphatic heterocycles. The third-order valence-electron chi connectivity index (χ3n) is 4.63. The molecule has 2 amide bonds.